The average Bonchev–Trinajstić information content (AvgIpc) is 3.19. The second-order valence-electron chi connectivity index (χ2n) is 7.38. The third-order valence-electron chi connectivity index (χ3n) is 4.94. The van der Waals surface area contributed by atoms with Gasteiger partial charge in [0.2, 0.25) is 0 Å². The van der Waals surface area contributed by atoms with E-state index in [4.69, 9.17) is 49.4 Å². The van der Waals surface area contributed by atoms with Crippen LogP contribution < -0.4 is 14.8 Å². The highest BCUT2D eigenvalue weighted by Crippen LogP contribution is 2.39. The maximum absolute atomic E-state index is 12.5. The molecule has 0 spiro atoms. The maximum Gasteiger partial charge on any atom is 0.335 e. The van der Waals surface area contributed by atoms with E-state index in [1.807, 2.05) is 0 Å². The molecule has 1 amide bonds. The van der Waals surface area contributed by atoms with Crippen LogP contribution in [0.5, 0.6) is 11.5 Å². The van der Waals surface area contributed by atoms with Gasteiger partial charge < -0.3 is 19.9 Å². The number of ether oxygens (including phenoxy) is 2. The smallest absolute Gasteiger partial charge is 0.335 e. The number of methoxy groups -OCH3 is 1. The van der Waals surface area contributed by atoms with Crippen molar-refractivity contribution in [2.45, 2.75) is 6.61 Å². The van der Waals surface area contributed by atoms with Gasteiger partial charge in [-0.05, 0) is 65.4 Å². The number of nitrogens with zero attached hydrogens (tertiary/aromatic N) is 1. The molecule has 0 unspecified atom stereocenters. The summed E-state index contributed by atoms with van der Waals surface area (Å²) >= 11 is 19.8. The number of benzene rings is 3. The molecule has 1 fully saturated rings. The fourth-order valence-corrected chi connectivity index (χ4v) is 4.63. The predicted molar refractivity (Wildman–Crippen MR) is 143 cm³/mol. The van der Waals surface area contributed by atoms with Crippen LogP contribution in [0.1, 0.15) is 21.5 Å². The van der Waals surface area contributed by atoms with Crippen LogP contribution in [0.2, 0.25) is 15.1 Å². The molecule has 1 heterocycles. The molecule has 3 aromatic carbocycles. The molecular formula is C25H17Cl3N2O5S. The zero-order chi connectivity index (χ0) is 25.8. The number of amidine groups is 1. The van der Waals surface area contributed by atoms with Gasteiger partial charge in [-0.3, -0.25) is 4.79 Å². The SMILES string of the molecule is COc1cc(/C=C2/SC(=Nc3cccc(Cl)c3Cl)NC2=O)cc(Cl)c1OCc1ccc(C(=O)O)cc1. The molecule has 2 N–H and O–H groups in total. The molecular weight excluding hydrogens is 547 g/mol. The number of carboxylic acids is 1. The number of hydrogen-bond donors (Lipinski definition) is 2. The third kappa shape index (κ3) is 5.96. The van der Waals surface area contributed by atoms with Gasteiger partial charge in [-0.1, -0.05) is 53.0 Å². The number of rotatable bonds is 7. The molecule has 0 bridgehead atoms. The molecule has 1 aliphatic rings. The van der Waals surface area contributed by atoms with Gasteiger partial charge in [0, 0.05) is 0 Å². The molecule has 1 aliphatic heterocycles. The Hall–Kier alpha value is -3.17. The molecule has 0 saturated carbocycles. The Morgan fingerprint density at radius 1 is 1.11 bits per heavy atom. The van der Waals surface area contributed by atoms with E-state index in [2.05, 4.69) is 10.3 Å². The highest BCUT2D eigenvalue weighted by atomic mass is 35.5. The minimum atomic E-state index is -1.00. The zero-order valence-corrected chi connectivity index (χ0v) is 21.6. The molecule has 0 atom stereocenters. The Labute approximate surface area is 225 Å². The Morgan fingerprint density at radius 3 is 2.56 bits per heavy atom. The number of amides is 1. The minimum absolute atomic E-state index is 0.153. The van der Waals surface area contributed by atoms with Crippen molar-refractivity contribution in [2.75, 3.05) is 7.11 Å². The number of carboxylic acid groups (broad SMARTS) is 1. The summed E-state index contributed by atoms with van der Waals surface area (Å²) in [5.41, 5.74) is 2.01. The van der Waals surface area contributed by atoms with Gasteiger partial charge in [-0.25, -0.2) is 9.79 Å². The molecule has 0 aliphatic carbocycles. The van der Waals surface area contributed by atoms with Crippen molar-refractivity contribution in [3.05, 3.63) is 91.3 Å². The summed E-state index contributed by atoms with van der Waals surface area (Å²) in [4.78, 5) is 28.3. The second-order valence-corrected chi connectivity index (χ2v) is 9.60. The molecule has 1 saturated heterocycles. The summed E-state index contributed by atoms with van der Waals surface area (Å²) in [5, 5.41) is 13.0. The van der Waals surface area contributed by atoms with Gasteiger partial charge in [0.25, 0.3) is 5.91 Å². The van der Waals surface area contributed by atoms with Crippen LogP contribution in [0.25, 0.3) is 6.08 Å². The van der Waals surface area contributed by atoms with E-state index in [0.717, 1.165) is 17.3 Å². The second kappa shape index (κ2) is 11.3. The first-order valence-electron chi connectivity index (χ1n) is 10.3. The molecule has 7 nitrogen and oxygen atoms in total. The van der Waals surface area contributed by atoms with E-state index >= 15 is 0 Å². The quantitative estimate of drug-likeness (QED) is 0.306. The van der Waals surface area contributed by atoms with Crippen LogP contribution in [-0.2, 0) is 11.4 Å². The summed E-state index contributed by atoms with van der Waals surface area (Å²) in [6.45, 7) is 0.153. The number of thioether (sulfide) groups is 1. The first-order chi connectivity index (χ1) is 17.2. The normalized spacial score (nSPS) is 15.3. The summed E-state index contributed by atoms with van der Waals surface area (Å²) in [7, 11) is 1.48. The molecule has 0 radical (unpaired) electrons. The largest absolute Gasteiger partial charge is 0.493 e. The van der Waals surface area contributed by atoms with E-state index in [-0.39, 0.29) is 23.1 Å². The fraction of sp³-hybridized carbons (Fsp3) is 0.0800. The Morgan fingerprint density at radius 2 is 1.86 bits per heavy atom. The summed E-state index contributed by atoms with van der Waals surface area (Å²) in [6.07, 6.45) is 1.66. The zero-order valence-electron chi connectivity index (χ0n) is 18.6. The van der Waals surface area contributed by atoms with Crippen LogP contribution >= 0.6 is 46.6 Å². The Bertz CT molecular complexity index is 1410. The topological polar surface area (TPSA) is 97.2 Å². The van der Waals surface area contributed by atoms with Crippen LogP contribution in [-0.4, -0.2) is 29.3 Å². The van der Waals surface area contributed by atoms with Crippen LogP contribution in [0.4, 0.5) is 5.69 Å². The van der Waals surface area contributed by atoms with Crippen molar-refractivity contribution in [3.63, 3.8) is 0 Å². The number of aromatic carboxylic acids is 1. The number of carbonyl (C=O) groups excluding carboxylic acids is 1. The standard InChI is InChI=1S/C25H17Cl3N2O5S/c1-34-19-10-14(9-17(27)22(19)35-12-13-5-7-15(8-6-13)24(32)33)11-20-23(31)30-25(36-20)29-18-4-2-3-16(26)21(18)28/h2-11H,12H2,1H3,(H,32,33)(H,29,30,31)/b20-11+. The molecule has 36 heavy (non-hydrogen) atoms. The monoisotopic (exact) mass is 562 g/mol. The first-order valence-corrected chi connectivity index (χ1v) is 12.3. The van der Waals surface area contributed by atoms with Crippen LogP contribution in [0.3, 0.4) is 0 Å². The minimum Gasteiger partial charge on any atom is -0.493 e. The first kappa shape index (κ1) is 25.9. The fourth-order valence-electron chi connectivity index (χ4n) is 3.18. The molecule has 11 heteroatoms. The van der Waals surface area contributed by atoms with E-state index < -0.39 is 5.97 Å². The van der Waals surface area contributed by atoms with Crippen molar-refractivity contribution in [1.82, 2.24) is 5.32 Å². The molecule has 4 rings (SSSR count). The van der Waals surface area contributed by atoms with Gasteiger partial charge in [0.05, 0.1) is 38.3 Å². The highest BCUT2D eigenvalue weighted by Gasteiger charge is 2.25. The van der Waals surface area contributed by atoms with Crippen molar-refractivity contribution >= 4 is 75.4 Å². The lowest BCUT2D eigenvalue weighted by molar-refractivity contribution is -0.115. The number of nitrogens with one attached hydrogen (secondary N) is 1. The Balaban J connectivity index is 1.52. The van der Waals surface area contributed by atoms with Crippen molar-refractivity contribution < 1.29 is 24.2 Å². The van der Waals surface area contributed by atoms with Crippen molar-refractivity contribution in [1.29, 1.82) is 0 Å². The summed E-state index contributed by atoms with van der Waals surface area (Å²) in [5.74, 6) is -0.626. The van der Waals surface area contributed by atoms with E-state index in [0.29, 0.717) is 42.9 Å². The molecule has 0 aromatic heterocycles. The predicted octanol–water partition coefficient (Wildman–Crippen LogP) is 6.82. The number of hydrogen-bond acceptors (Lipinski definition) is 6. The van der Waals surface area contributed by atoms with Gasteiger partial charge in [-0.2, -0.15) is 0 Å². The summed E-state index contributed by atoms with van der Waals surface area (Å²) < 4.78 is 11.3. The van der Waals surface area contributed by atoms with E-state index in [1.165, 1.54) is 19.2 Å². The van der Waals surface area contributed by atoms with Gasteiger partial charge in [0.15, 0.2) is 16.7 Å². The lowest BCUT2D eigenvalue weighted by atomic mass is 10.1. The lowest BCUT2D eigenvalue weighted by Gasteiger charge is -2.13. The molecule has 184 valence electrons. The van der Waals surface area contributed by atoms with Gasteiger partial charge >= 0.3 is 5.97 Å². The van der Waals surface area contributed by atoms with Crippen LogP contribution in [0.15, 0.2) is 64.5 Å². The number of halogens is 3. The van der Waals surface area contributed by atoms with Crippen molar-refractivity contribution in [2.24, 2.45) is 4.99 Å². The van der Waals surface area contributed by atoms with Gasteiger partial charge in [0.1, 0.15) is 6.61 Å². The third-order valence-corrected chi connectivity index (χ3v) is 6.94. The highest BCUT2D eigenvalue weighted by molar-refractivity contribution is 8.18. The number of carbonyl (C=O) groups is 2. The average molecular weight is 564 g/mol. The van der Waals surface area contributed by atoms with E-state index in [1.54, 1.807) is 48.5 Å². The summed E-state index contributed by atoms with van der Waals surface area (Å²) in [6, 6.07) is 14.7. The Kier molecular flexibility index (Phi) is 8.11. The van der Waals surface area contributed by atoms with E-state index in [9.17, 15) is 9.59 Å². The number of aliphatic imine (C=N–C) groups is 1. The van der Waals surface area contributed by atoms with Crippen molar-refractivity contribution in [3.8, 4) is 11.5 Å². The maximum atomic E-state index is 12.5. The van der Waals surface area contributed by atoms with Crippen LogP contribution in [0, 0.1) is 0 Å². The van der Waals surface area contributed by atoms with Gasteiger partial charge in [-0.15, -0.1) is 0 Å². The lowest BCUT2D eigenvalue weighted by Crippen LogP contribution is -2.19. The molecule has 3 aromatic rings.